The molecule has 25 heavy (non-hydrogen) atoms. The average molecular weight is 369 g/mol. The number of rotatable bonds is 6. The molecule has 0 atom stereocenters. The molecule has 5 nitrogen and oxygen atoms in total. The molecule has 0 fully saturated rings. The zero-order chi connectivity index (χ0) is 17.2. The van der Waals surface area contributed by atoms with Crippen LogP contribution in [-0.4, -0.2) is 26.7 Å². The minimum atomic E-state index is 0.109. The predicted molar refractivity (Wildman–Crippen MR) is 101 cm³/mol. The van der Waals surface area contributed by atoms with Gasteiger partial charge in [0.05, 0.1) is 16.4 Å². The molecule has 3 heterocycles. The highest BCUT2D eigenvalue weighted by atomic mass is 32.2. The second kappa shape index (κ2) is 6.85. The van der Waals surface area contributed by atoms with Crippen LogP contribution in [0.4, 0.5) is 0 Å². The van der Waals surface area contributed by atoms with Crippen molar-refractivity contribution in [1.82, 2.24) is 15.1 Å². The van der Waals surface area contributed by atoms with Crippen LogP contribution in [0.25, 0.3) is 21.6 Å². The molecular weight excluding hydrogens is 354 g/mol. The summed E-state index contributed by atoms with van der Waals surface area (Å²) in [5, 5.41) is 6.93. The summed E-state index contributed by atoms with van der Waals surface area (Å²) in [6.45, 7) is 1.93. The van der Waals surface area contributed by atoms with E-state index in [0.717, 1.165) is 27.0 Å². The fourth-order valence-electron chi connectivity index (χ4n) is 2.76. The van der Waals surface area contributed by atoms with E-state index in [1.165, 1.54) is 11.8 Å². The van der Waals surface area contributed by atoms with E-state index >= 15 is 0 Å². The number of aromatic nitrogens is 3. The lowest BCUT2D eigenvalue weighted by Crippen LogP contribution is -2.04. The lowest BCUT2D eigenvalue weighted by atomic mass is 10.1. The van der Waals surface area contributed by atoms with E-state index in [2.05, 4.69) is 15.1 Å². The zero-order valence-electron chi connectivity index (χ0n) is 13.5. The first-order valence-electron chi connectivity index (χ1n) is 7.77. The second-order valence-corrected chi connectivity index (χ2v) is 7.51. The molecule has 0 radical (unpaired) electrons. The molecule has 4 rings (SSSR count). The number of carbonyl (C=O) groups excluding carboxylic acids is 1. The number of nitrogens with zero attached hydrogens (tertiary/aromatic N) is 2. The topological polar surface area (TPSA) is 71.8 Å². The van der Waals surface area contributed by atoms with Gasteiger partial charge < -0.3 is 9.51 Å². The fourth-order valence-corrected chi connectivity index (χ4v) is 4.13. The lowest BCUT2D eigenvalue weighted by molar-refractivity contribution is 0.102. The summed E-state index contributed by atoms with van der Waals surface area (Å²) < 4.78 is 5.26. The number of Topliss-reactive ketones (excluding diaryl/α,β-unsaturated/α-hetero) is 1. The van der Waals surface area contributed by atoms with Gasteiger partial charge in [0.1, 0.15) is 0 Å². The first-order valence-corrected chi connectivity index (χ1v) is 9.80. The molecule has 0 spiro atoms. The second-order valence-electron chi connectivity index (χ2n) is 5.58. The van der Waals surface area contributed by atoms with Crippen molar-refractivity contribution >= 4 is 39.8 Å². The number of aromatic amines is 1. The van der Waals surface area contributed by atoms with Gasteiger partial charge in [0.2, 0.25) is 11.7 Å². The smallest absolute Gasteiger partial charge is 0.236 e. The number of hydrogen-bond donors (Lipinski definition) is 1. The first kappa shape index (κ1) is 16.1. The van der Waals surface area contributed by atoms with Crippen LogP contribution in [0.15, 0.2) is 46.3 Å². The Morgan fingerprint density at radius 2 is 2.16 bits per heavy atom. The van der Waals surface area contributed by atoms with Crippen LogP contribution in [0, 0.1) is 6.92 Å². The Bertz CT molecular complexity index is 1020. The van der Waals surface area contributed by atoms with Crippen LogP contribution in [0.2, 0.25) is 0 Å². The lowest BCUT2D eigenvalue weighted by Gasteiger charge is -2.00. The molecule has 126 valence electrons. The zero-order valence-corrected chi connectivity index (χ0v) is 15.1. The first-order chi connectivity index (χ1) is 12.2. The van der Waals surface area contributed by atoms with Gasteiger partial charge in [-0.15, -0.1) is 23.1 Å². The minimum Gasteiger partial charge on any atom is -0.358 e. The Labute approximate surface area is 152 Å². The van der Waals surface area contributed by atoms with E-state index in [1.807, 2.05) is 48.7 Å². The minimum absolute atomic E-state index is 0.109. The fraction of sp³-hybridized carbons (Fsp3) is 0.167. The van der Waals surface area contributed by atoms with Crippen LogP contribution in [0.3, 0.4) is 0 Å². The summed E-state index contributed by atoms with van der Waals surface area (Å²) in [5.41, 5.74) is 2.67. The Balaban J connectivity index is 1.41. The van der Waals surface area contributed by atoms with Crippen LogP contribution >= 0.6 is 23.1 Å². The number of thioether (sulfide) groups is 1. The normalized spacial score (nSPS) is 11.2. The van der Waals surface area contributed by atoms with Crippen molar-refractivity contribution in [3.63, 3.8) is 0 Å². The van der Waals surface area contributed by atoms with E-state index in [1.54, 1.807) is 11.3 Å². The maximum absolute atomic E-state index is 12.6. The third-order valence-electron chi connectivity index (χ3n) is 3.84. The number of carbonyl (C=O) groups is 1. The molecule has 0 aliphatic heterocycles. The summed E-state index contributed by atoms with van der Waals surface area (Å²) in [6.07, 6.45) is 0. The molecule has 0 saturated carbocycles. The molecule has 0 amide bonds. The average Bonchev–Trinajstić information content (AvgIpc) is 3.33. The van der Waals surface area contributed by atoms with E-state index in [0.29, 0.717) is 23.2 Å². The summed E-state index contributed by atoms with van der Waals surface area (Å²) in [5.74, 6) is 2.14. The number of H-pyrrole nitrogens is 1. The van der Waals surface area contributed by atoms with Crippen molar-refractivity contribution in [2.24, 2.45) is 0 Å². The molecule has 1 aromatic carbocycles. The Hall–Kier alpha value is -2.38. The molecule has 7 heteroatoms. The third kappa shape index (κ3) is 3.25. The standard InChI is InChI=1S/C18H15N3O2S2/c1-11-17(12-5-2-3-6-13(12)19-11)14(22)9-24-10-16-20-18(21-23-16)15-7-4-8-25-15/h2-8,19H,9-10H2,1H3. The number of fused-ring (bicyclic) bond motifs is 1. The Kier molecular flexibility index (Phi) is 4.42. The predicted octanol–water partition coefficient (Wildman–Crippen LogP) is 4.70. The number of thiophene rings is 1. The largest absolute Gasteiger partial charge is 0.358 e. The van der Waals surface area contributed by atoms with Gasteiger partial charge in [-0.2, -0.15) is 4.98 Å². The monoisotopic (exact) mass is 369 g/mol. The van der Waals surface area contributed by atoms with Gasteiger partial charge in [-0.25, -0.2) is 0 Å². The maximum Gasteiger partial charge on any atom is 0.236 e. The van der Waals surface area contributed by atoms with E-state index in [4.69, 9.17) is 4.52 Å². The number of nitrogens with one attached hydrogen (secondary N) is 1. The SMILES string of the molecule is Cc1[nH]c2ccccc2c1C(=O)CSCc1nc(-c2cccs2)no1. The van der Waals surface area contributed by atoms with Crippen molar-refractivity contribution in [3.8, 4) is 10.7 Å². The Morgan fingerprint density at radius 3 is 3.00 bits per heavy atom. The summed E-state index contributed by atoms with van der Waals surface area (Å²) >= 11 is 3.05. The van der Waals surface area contributed by atoms with Gasteiger partial charge in [0.25, 0.3) is 0 Å². The highest BCUT2D eigenvalue weighted by molar-refractivity contribution is 7.99. The van der Waals surface area contributed by atoms with Crippen molar-refractivity contribution in [3.05, 3.63) is 58.9 Å². The van der Waals surface area contributed by atoms with Gasteiger partial charge >= 0.3 is 0 Å². The molecule has 0 unspecified atom stereocenters. The van der Waals surface area contributed by atoms with E-state index in [-0.39, 0.29) is 5.78 Å². The summed E-state index contributed by atoms with van der Waals surface area (Å²) in [6, 6.07) is 11.8. The molecule has 3 aromatic heterocycles. The third-order valence-corrected chi connectivity index (χ3v) is 5.62. The highest BCUT2D eigenvalue weighted by Gasteiger charge is 2.16. The van der Waals surface area contributed by atoms with Crippen LogP contribution < -0.4 is 0 Å². The van der Waals surface area contributed by atoms with Gasteiger partial charge in [-0.1, -0.05) is 29.4 Å². The molecule has 0 aliphatic carbocycles. The van der Waals surface area contributed by atoms with Crippen LogP contribution in [0.1, 0.15) is 21.9 Å². The van der Waals surface area contributed by atoms with E-state index in [9.17, 15) is 4.79 Å². The van der Waals surface area contributed by atoms with E-state index < -0.39 is 0 Å². The maximum atomic E-state index is 12.6. The summed E-state index contributed by atoms with van der Waals surface area (Å²) in [4.78, 5) is 21.2. The van der Waals surface area contributed by atoms with Gasteiger partial charge in [-0.05, 0) is 24.4 Å². The summed E-state index contributed by atoms with van der Waals surface area (Å²) in [7, 11) is 0. The molecule has 0 bridgehead atoms. The number of para-hydroxylation sites is 1. The van der Waals surface area contributed by atoms with Crippen molar-refractivity contribution < 1.29 is 9.32 Å². The molecule has 0 aliphatic rings. The molecule has 4 aromatic rings. The molecule has 1 N–H and O–H groups in total. The number of benzene rings is 1. The van der Waals surface area contributed by atoms with Crippen LogP contribution in [-0.2, 0) is 5.75 Å². The van der Waals surface area contributed by atoms with Crippen molar-refractivity contribution in [2.45, 2.75) is 12.7 Å². The quantitative estimate of drug-likeness (QED) is 0.499. The van der Waals surface area contributed by atoms with Gasteiger partial charge in [-0.3, -0.25) is 4.79 Å². The highest BCUT2D eigenvalue weighted by Crippen LogP contribution is 2.25. The number of aryl methyl sites for hydroxylation is 1. The Morgan fingerprint density at radius 1 is 1.28 bits per heavy atom. The van der Waals surface area contributed by atoms with Gasteiger partial charge in [0.15, 0.2) is 5.78 Å². The number of hydrogen-bond acceptors (Lipinski definition) is 6. The van der Waals surface area contributed by atoms with Crippen molar-refractivity contribution in [1.29, 1.82) is 0 Å². The van der Waals surface area contributed by atoms with Gasteiger partial charge in [0, 0.05) is 22.2 Å². The molecule has 0 saturated heterocycles. The molecular formula is C18H15N3O2S2. The van der Waals surface area contributed by atoms with Crippen LogP contribution in [0.5, 0.6) is 0 Å². The van der Waals surface area contributed by atoms with Crippen molar-refractivity contribution in [2.75, 3.05) is 5.75 Å². The number of ketones is 1.